The number of nitrogens with one attached hydrogen (secondary N) is 1. The van der Waals surface area contributed by atoms with Gasteiger partial charge in [-0.15, -0.1) is 0 Å². The van der Waals surface area contributed by atoms with E-state index >= 15 is 0 Å². The molecule has 3 unspecified atom stereocenters. The first kappa shape index (κ1) is 19.6. The second-order valence-electron chi connectivity index (χ2n) is 7.48. The van der Waals surface area contributed by atoms with Crippen molar-refractivity contribution in [3.05, 3.63) is 29.8 Å². The minimum absolute atomic E-state index is 0.0702. The number of urea groups is 1. The lowest BCUT2D eigenvalue weighted by Gasteiger charge is -2.34. The number of aliphatic hydroxyl groups excluding tert-OH is 1. The summed E-state index contributed by atoms with van der Waals surface area (Å²) < 4.78 is 5.65. The van der Waals surface area contributed by atoms with Crippen LogP contribution >= 0.6 is 0 Å². The van der Waals surface area contributed by atoms with Gasteiger partial charge in [0.1, 0.15) is 5.75 Å². The number of likely N-dealkylation sites (tertiary alicyclic amines) is 1. The van der Waals surface area contributed by atoms with Crippen LogP contribution in [0.15, 0.2) is 24.3 Å². The zero-order valence-corrected chi connectivity index (χ0v) is 15.9. The highest BCUT2D eigenvalue weighted by Gasteiger charge is 2.27. The van der Waals surface area contributed by atoms with Gasteiger partial charge in [-0.2, -0.15) is 0 Å². The molecule has 2 rings (SSSR count). The maximum Gasteiger partial charge on any atom is 0.317 e. The molecule has 1 fully saturated rings. The van der Waals surface area contributed by atoms with Crippen LogP contribution in [0, 0.1) is 5.92 Å². The summed E-state index contributed by atoms with van der Waals surface area (Å²) in [7, 11) is 0. The van der Waals surface area contributed by atoms with Gasteiger partial charge in [-0.25, -0.2) is 4.79 Å². The van der Waals surface area contributed by atoms with Crippen molar-refractivity contribution < 1.29 is 14.6 Å². The Kier molecular flexibility index (Phi) is 7.12. The molecule has 3 atom stereocenters. The number of aryl methyl sites for hydroxylation is 1. The van der Waals surface area contributed by atoms with Crippen LogP contribution in [0.5, 0.6) is 5.75 Å². The number of rotatable bonds is 6. The summed E-state index contributed by atoms with van der Waals surface area (Å²) in [6.45, 7) is 9.23. The molecule has 2 N–H and O–H groups in total. The van der Waals surface area contributed by atoms with E-state index in [0.717, 1.165) is 25.0 Å². The Bertz CT molecular complexity index is 544. The Labute approximate surface area is 151 Å². The first-order valence-electron chi connectivity index (χ1n) is 9.34. The second-order valence-corrected chi connectivity index (χ2v) is 7.48. The van der Waals surface area contributed by atoms with E-state index in [-0.39, 0.29) is 24.1 Å². The number of carbonyl (C=O) groups is 1. The van der Waals surface area contributed by atoms with E-state index in [1.165, 1.54) is 5.56 Å². The summed E-state index contributed by atoms with van der Waals surface area (Å²) in [5.74, 6) is 1.15. The topological polar surface area (TPSA) is 61.8 Å². The van der Waals surface area contributed by atoms with Crippen molar-refractivity contribution in [2.45, 2.75) is 65.2 Å². The normalized spacial score (nSPS) is 21.9. The number of ether oxygens (including phenoxy) is 1. The lowest BCUT2D eigenvalue weighted by molar-refractivity contribution is 0.0430. The highest BCUT2D eigenvalue weighted by Crippen LogP contribution is 2.18. The number of hydrogen-bond donors (Lipinski definition) is 2. The van der Waals surface area contributed by atoms with E-state index in [0.29, 0.717) is 13.1 Å². The molecule has 0 aromatic heterocycles. The predicted octanol–water partition coefficient (Wildman–Crippen LogP) is 3.21. The van der Waals surface area contributed by atoms with Crippen LogP contribution in [-0.4, -0.2) is 47.4 Å². The quantitative estimate of drug-likeness (QED) is 0.830. The van der Waals surface area contributed by atoms with Crippen LogP contribution in [-0.2, 0) is 6.42 Å². The monoisotopic (exact) mass is 348 g/mol. The summed E-state index contributed by atoms with van der Waals surface area (Å²) in [5, 5.41) is 13.0. The zero-order valence-electron chi connectivity index (χ0n) is 15.9. The smallest absolute Gasteiger partial charge is 0.317 e. The highest BCUT2D eigenvalue weighted by molar-refractivity contribution is 5.74. The lowest BCUT2D eigenvalue weighted by Crippen LogP contribution is -2.51. The molecule has 140 valence electrons. The fraction of sp³-hybridized carbons (Fsp3) is 0.650. The minimum Gasteiger partial charge on any atom is -0.491 e. The van der Waals surface area contributed by atoms with E-state index in [4.69, 9.17) is 4.74 Å². The van der Waals surface area contributed by atoms with Gasteiger partial charge in [0, 0.05) is 19.1 Å². The van der Waals surface area contributed by atoms with Crippen molar-refractivity contribution >= 4 is 6.03 Å². The molecule has 1 saturated heterocycles. The van der Waals surface area contributed by atoms with Crippen molar-refractivity contribution in [1.29, 1.82) is 0 Å². The minimum atomic E-state index is -0.415. The van der Waals surface area contributed by atoms with Crippen LogP contribution < -0.4 is 10.1 Å². The third-order valence-corrected chi connectivity index (χ3v) is 4.74. The molecule has 2 amide bonds. The Balaban J connectivity index is 1.74. The standard InChI is InChI=1S/C20H32N2O3/c1-14(2)25-18-9-7-17(8-10-18)6-5-16(4)21-20(24)22-12-11-15(3)19(23)13-22/h7-10,14-16,19,23H,5-6,11-13H2,1-4H3,(H,21,24). The highest BCUT2D eigenvalue weighted by atomic mass is 16.5. The largest absolute Gasteiger partial charge is 0.491 e. The average Bonchev–Trinajstić information content (AvgIpc) is 2.56. The van der Waals surface area contributed by atoms with Gasteiger partial charge in [-0.3, -0.25) is 0 Å². The number of nitrogens with zero attached hydrogens (tertiary/aromatic N) is 1. The Morgan fingerprint density at radius 2 is 2.00 bits per heavy atom. The molecule has 1 aromatic carbocycles. The number of hydrogen-bond acceptors (Lipinski definition) is 3. The summed E-state index contributed by atoms with van der Waals surface area (Å²) in [5.41, 5.74) is 1.24. The summed E-state index contributed by atoms with van der Waals surface area (Å²) in [4.78, 5) is 14.0. The third-order valence-electron chi connectivity index (χ3n) is 4.74. The average molecular weight is 348 g/mol. The molecular weight excluding hydrogens is 316 g/mol. The Morgan fingerprint density at radius 3 is 2.60 bits per heavy atom. The van der Waals surface area contributed by atoms with Gasteiger partial charge < -0.3 is 20.1 Å². The SMILES string of the molecule is CC(CCc1ccc(OC(C)C)cc1)NC(=O)N1CCC(C)C(O)C1. The van der Waals surface area contributed by atoms with Gasteiger partial charge >= 0.3 is 6.03 Å². The first-order chi connectivity index (χ1) is 11.8. The fourth-order valence-corrected chi connectivity index (χ4v) is 3.00. The molecule has 0 saturated carbocycles. The van der Waals surface area contributed by atoms with Crippen molar-refractivity contribution in [3.8, 4) is 5.75 Å². The van der Waals surface area contributed by atoms with E-state index < -0.39 is 6.10 Å². The molecular formula is C20H32N2O3. The van der Waals surface area contributed by atoms with Gasteiger partial charge in [0.2, 0.25) is 0 Å². The molecule has 0 radical (unpaired) electrons. The van der Waals surface area contributed by atoms with Gasteiger partial charge in [0.05, 0.1) is 12.2 Å². The number of benzene rings is 1. The van der Waals surface area contributed by atoms with E-state index in [2.05, 4.69) is 17.4 Å². The molecule has 0 bridgehead atoms. The molecule has 5 heteroatoms. The molecule has 1 aromatic rings. The third kappa shape index (κ3) is 6.24. The summed E-state index contributed by atoms with van der Waals surface area (Å²) in [6, 6.07) is 8.17. The van der Waals surface area contributed by atoms with Crippen molar-refractivity contribution in [1.82, 2.24) is 10.2 Å². The molecule has 5 nitrogen and oxygen atoms in total. The zero-order chi connectivity index (χ0) is 18.4. The van der Waals surface area contributed by atoms with E-state index in [1.54, 1.807) is 4.90 Å². The predicted molar refractivity (Wildman–Crippen MR) is 99.9 cm³/mol. The Morgan fingerprint density at radius 1 is 1.32 bits per heavy atom. The molecule has 1 aliphatic heterocycles. The maximum atomic E-state index is 12.3. The lowest BCUT2D eigenvalue weighted by atomic mass is 9.96. The Hall–Kier alpha value is -1.75. The summed E-state index contributed by atoms with van der Waals surface area (Å²) >= 11 is 0. The van der Waals surface area contributed by atoms with Crippen LogP contribution in [0.25, 0.3) is 0 Å². The number of β-amino-alcohol motifs (C(OH)–C–C–N with tert-alkyl or cyclic N) is 1. The fourth-order valence-electron chi connectivity index (χ4n) is 3.00. The van der Waals surface area contributed by atoms with Crippen molar-refractivity contribution in [2.24, 2.45) is 5.92 Å². The maximum absolute atomic E-state index is 12.3. The second kappa shape index (κ2) is 9.09. The first-order valence-corrected chi connectivity index (χ1v) is 9.34. The number of piperidine rings is 1. The van der Waals surface area contributed by atoms with E-state index in [9.17, 15) is 9.90 Å². The molecule has 0 spiro atoms. The molecule has 25 heavy (non-hydrogen) atoms. The molecule has 1 aliphatic rings. The van der Waals surface area contributed by atoms with Gasteiger partial charge in [0.15, 0.2) is 0 Å². The summed E-state index contributed by atoms with van der Waals surface area (Å²) in [6.07, 6.45) is 2.40. The molecule has 1 heterocycles. The van der Waals surface area contributed by atoms with Gasteiger partial charge in [0.25, 0.3) is 0 Å². The molecule has 0 aliphatic carbocycles. The number of amides is 2. The van der Waals surface area contributed by atoms with Gasteiger partial charge in [-0.05, 0) is 63.6 Å². The van der Waals surface area contributed by atoms with Crippen LogP contribution in [0.1, 0.15) is 46.1 Å². The van der Waals surface area contributed by atoms with Crippen molar-refractivity contribution in [2.75, 3.05) is 13.1 Å². The van der Waals surface area contributed by atoms with E-state index in [1.807, 2.05) is 39.8 Å². The van der Waals surface area contributed by atoms with Crippen LogP contribution in [0.2, 0.25) is 0 Å². The number of aliphatic hydroxyl groups is 1. The van der Waals surface area contributed by atoms with Gasteiger partial charge in [-0.1, -0.05) is 19.1 Å². The number of carbonyl (C=O) groups excluding carboxylic acids is 1. The van der Waals surface area contributed by atoms with Crippen LogP contribution in [0.4, 0.5) is 4.79 Å². The van der Waals surface area contributed by atoms with Crippen molar-refractivity contribution in [3.63, 3.8) is 0 Å². The van der Waals surface area contributed by atoms with Crippen LogP contribution in [0.3, 0.4) is 0 Å².